The maximum absolute atomic E-state index is 9.20. The summed E-state index contributed by atoms with van der Waals surface area (Å²) >= 11 is 0. The zero-order chi connectivity index (χ0) is 12.1. The van der Waals surface area contributed by atoms with E-state index in [1.165, 1.54) is 57.8 Å². The molecule has 0 spiro atoms. The smallest absolute Gasteiger partial charge is 0.0582 e. The lowest BCUT2D eigenvalue weighted by Crippen LogP contribution is -2.47. The van der Waals surface area contributed by atoms with Gasteiger partial charge >= 0.3 is 0 Å². The second-order valence-electron chi connectivity index (χ2n) is 6.20. The summed E-state index contributed by atoms with van der Waals surface area (Å²) in [6.07, 6.45) is 12.8. The van der Waals surface area contributed by atoms with Crippen molar-refractivity contribution in [3.8, 4) is 0 Å². The molecule has 0 saturated heterocycles. The molecular weight excluding hydrogens is 210 g/mol. The van der Waals surface area contributed by atoms with Crippen LogP contribution < -0.4 is 5.32 Å². The molecule has 0 aromatic carbocycles. The minimum absolute atomic E-state index is 0.268. The molecule has 2 heteroatoms. The van der Waals surface area contributed by atoms with Gasteiger partial charge in [-0.3, -0.25) is 0 Å². The van der Waals surface area contributed by atoms with Crippen LogP contribution >= 0.6 is 0 Å². The monoisotopic (exact) mass is 239 g/mol. The summed E-state index contributed by atoms with van der Waals surface area (Å²) in [5.41, 5.74) is 0. The number of hydrogen-bond donors (Lipinski definition) is 2. The Labute approximate surface area is 106 Å². The molecule has 3 atom stereocenters. The van der Waals surface area contributed by atoms with Gasteiger partial charge in [0.15, 0.2) is 0 Å². The minimum Gasteiger partial charge on any atom is -0.395 e. The van der Waals surface area contributed by atoms with Gasteiger partial charge in [0.05, 0.1) is 6.61 Å². The molecule has 2 nitrogen and oxygen atoms in total. The highest BCUT2D eigenvalue weighted by atomic mass is 16.3. The number of rotatable bonds is 4. The van der Waals surface area contributed by atoms with Gasteiger partial charge in [-0.05, 0) is 31.6 Å². The van der Waals surface area contributed by atoms with Gasteiger partial charge < -0.3 is 10.4 Å². The maximum atomic E-state index is 9.20. The lowest BCUT2D eigenvalue weighted by Gasteiger charge is -2.40. The summed E-state index contributed by atoms with van der Waals surface area (Å²) in [7, 11) is 0. The molecule has 2 rings (SSSR count). The third-order valence-electron chi connectivity index (χ3n) is 4.85. The molecule has 2 fully saturated rings. The van der Waals surface area contributed by atoms with Crippen LogP contribution in [0.1, 0.15) is 64.7 Å². The van der Waals surface area contributed by atoms with Crippen molar-refractivity contribution in [3.05, 3.63) is 0 Å². The van der Waals surface area contributed by atoms with E-state index in [-0.39, 0.29) is 12.6 Å². The van der Waals surface area contributed by atoms with E-state index in [1.807, 2.05) is 0 Å². The largest absolute Gasteiger partial charge is 0.395 e. The van der Waals surface area contributed by atoms with Gasteiger partial charge in [-0.25, -0.2) is 0 Å². The summed E-state index contributed by atoms with van der Waals surface area (Å²) in [5.74, 6) is 1.85. The first kappa shape index (κ1) is 13.4. The fraction of sp³-hybridized carbons (Fsp3) is 1.00. The molecule has 2 saturated carbocycles. The van der Waals surface area contributed by atoms with Crippen molar-refractivity contribution in [1.29, 1.82) is 0 Å². The zero-order valence-corrected chi connectivity index (χ0v) is 11.3. The van der Waals surface area contributed by atoms with Crippen molar-refractivity contribution in [2.75, 3.05) is 6.61 Å². The van der Waals surface area contributed by atoms with Gasteiger partial charge in [0.25, 0.3) is 0 Å². The molecule has 0 radical (unpaired) electrons. The Morgan fingerprint density at radius 3 is 2.35 bits per heavy atom. The van der Waals surface area contributed by atoms with E-state index in [0.717, 1.165) is 11.8 Å². The highest BCUT2D eigenvalue weighted by Gasteiger charge is 2.32. The Morgan fingerprint density at radius 1 is 1.00 bits per heavy atom. The molecule has 0 aromatic rings. The highest BCUT2D eigenvalue weighted by Crippen LogP contribution is 2.38. The summed E-state index contributed by atoms with van der Waals surface area (Å²) in [6, 6.07) is 0.943. The first-order chi connectivity index (χ1) is 8.31. The van der Waals surface area contributed by atoms with E-state index in [9.17, 15) is 5.11 Å². The lowest BCUT2D eigenvalue weighted by molar-refractivity contribution is 0.131. The maximum Gasteiger partial charge on any atom is 0.0582 e. The summed E-state index contributed by atoms with van der Waals surface area (Å²) in [6.45, 7) is 2.38. The first-order valence-electron chi connectivity index (χ1n) is 7.68. The molecular formula is C15H29NO. The predicted molar refractivity (Wildman–Crippen MR) is 72.0 cm³/mol. The summed E-state index contributed by atoms with van der Waals surface area (Å²) in [4.78, 5) is 0. The Bertz CT molecular complexity index is 213. The topological polar surface area (TPSA) is 32.3 Å². The first-order valence-corrected chi connectivity index (χ1v) is 7.68. The predicted octanol–water partition coefficient (Wildman–Crippen LogP) is 3.10. The minimum atomic E-state index is 0.268. The van der Waals surface area contributed by atoms with Gasteiger partial charge in [0.1, 0.15) is 0 Å². The van der Waals surface area contributed by atoms with Gasteiger partial charge in [-0.1, -0.05) is 44.9 Å². The number of nitrogens with one attached hydrogen (secondary N) is 1. The number of aliphatic hydroxyl groups excluding tert-OH is 1. The molecule has 0 aromatic heterocycles. The molecule has 3 unspecified atom stereocenters. The van der Waals surface area contributed by atoms with Crippen LogP contribution in [0.2, 0.25) is 0 Å². The van der Waals surface area contributed by atoms with E-state index in [4.69, 9.17) is 0 Å². The van der Waals surface area contributed by atoms with E-state index in [2.05, 4.69) is 12.2 Å². The molecule has 0 bridgehead atoms. The average molecular weight is 239 g/mol. The lowest BCUT2D eigenvalue weighted by atomic mass is 9.71. The van der Waals surface area contributed by atoms with Gasteiger partial charge in [-0.2, -0.15) is 0 Å². The van der Waals surface area contributed by atoms with Crippen LogP contribution in [0, 0.1) is 11.8 Å². The van der Waals surface area contributed by atoms with E-state index in [1.54, 1.807) is 0 Å². The van der Waals surface area contributed by atoms with Crippen molar-refractivity contribution < 1.29 is 5.11 Å². The van der Waals surface area contributed by atoms with Crippen molar-refractivity contribution >= 4 is 0 Å². The Balaban J connectivity index is 1.90. The second-order valence-corrected chi connectivity index (χ2v) is 6.20. The third-order valence-corrected chi connectivity index (χ3v) is 4.85. The Kier molecular flexibility index (Phi) is 5.30. The summed E-state index contributed by atoms with van der Waals surface area (Å²) < 4.78 is 0. The molecule has 2 aliphatic carbocycles. The molecule has 17 heavy (non-hydrogen) atoms. The van der Waals surface area contributed by atoms with Crippen molar-refractivity contribution in [1.82, 2.24) is 5.32 Å². The number of hydrogen-bond acceptors (Lipinski definition) is 2. The molecule has 0 aliphatic heterocycles. The van der Waals surface area contributed by atoms with Gasteiger partial charge in [-0.15, -0.1) is 0 Å². The number of aliphatic hydroxyl groups is 1. The molecule has 0 amide bonds. The van der Waals surface area contributed by atoms with Gasteiger partial charge in [0.2, 0.25) is 0 Å². The van der Waals surface area contributed by atoms with Crippen molar-refractivity contribution in [2.24, 2.45) is 11.8 Å². The Morgan fingerprint density at radius 2 is 1.65 bits per heavy atom. The Hall–Kier alpha value is -0.0800. The van der Waals surface area contributed by atoms with E-state index >= 15 is 0 Å². The molecule has 2 aliphatic rings. The van der Waals surface area contributed by atoms with Crippen LogP contribution in [-0.2, 0) is 0 Å². The molecule has 100 valence electrons. The normalized spacial score (nSPS) is 33.5. The van der Waals surface area contributed by atoms with Crippen molar-refractivity contribution in [2.45, 2.75) is 76.8 Å². The fourth-order valence-electron chi connectivity index (χ4n) is 3.91. The summed E-state index contributed by atoms with van der Waals surface area (Å²) in [5, 5.41) is 12.9. The van der Waals surface area contributed by atoms with Crippen LogP contribution in [0.5, 0.6) is 0 Å². The van der Waals surface area contributed by atoms with Gasteiger partial charge in [0, 0.05) is 12.1 Å². The standard InChI is InChI=1S/C15H29NO/c1-12(11-17)16-15-10-6-5-9-14(15)13-7-3-2-4-8-13/h12-17H,2-11H2,1H3. The van der Waals surface area contributed by atoms with E-state index in [0.29, 0.717) is 6.04 Å². The van der Waals surface area contributed by atoms with E-state index < -0.39 is 0 Å². The van der Waals surface area contributed by atoms with Crippen LogP contribution in [0.25, 0.3) is 0 Å². The molecule has 0 heterocycles. The van der Waals surface area contributed by atoms with Crippen LogP contribution in [0.4, 0.5) is 0 Å². The van der Waals surface area contributed by atoms with Crippen LogP contribution in [0.15, 0.2) is 0 Å². The fourth-order valence-corrected chi connectivity index (χ4v) is 3.91. The zero-order valence-electron chi connectivity index (χ0n) is 11.3. The van der Waals surface area contributed by atoms with Crippen molar-refractivity contribution in [3.63, 3.8) is 0 Å². The quantitative estimate of drug-likeness (QED) is 0.790. The highest BCUT2D eigenvalue weighted by molar-refractivity contribution is 4.88. The third kappa shape index (κ3) is 3.69. The SMILES string of the molecule is CC(CO)NC1CCCCC1C1CCCCC1. The van der Waals surface area contributed by atoms with Crippen LogP contribution in [0.3, 0.4) is 0 Å². The average Bonchev–Trinajstić information content (AvgIpc) is 2.40. The second kappa shape index (κ2) is 6.75. The molecule has 2 N–H and O–H groups in total. The van der Waals surface area contributed by atoms with Crippen LogP contribution in [-0.4, -0.2) is 23.8 Å².